The molecule has 1 amide bonds. The third kappa shape index (κ3) is 2.19. The summed E-state index contributed by atoms with van der Waals surface area (Å²) in [6.45, 7) is 0. The zero-order valence-electron chi connectivity index (χ0n) is 12.3. The number of carbonyl (C=O) groups is 1. The van der Waals surface area contributed by atoms with Gasteiger partial charge < -0.3 is 5.32 Å². The number of rotatable bonds is 3. The lowest BCUT2D eigenvalue weighted by atomic mass is 9.83. The van der Waals surface area contributed by atoms with Crippen molar-refractivity contribution in [2.75, 3.05) is 0 Å². The fraction of sp³-hybridized carbons (Fsp3) is 0.0526. The first-order chi connectivity index (χ1) is 11.3. The number of carbonyl (C=O) groups excluding carboxylic acids is 1. The number of hydrogen-bond donors (Lipinski definition) is 1. The Hall–Kier alpha value is -2.72. The average molecular weight is 318 g/mol. The molecule has 2 aromatic carbocycles. The fourth-order valence-electron chi connectivity index (χ4n) is 2.89. The smallest absolute Gasteiger partial charge is 0.262 e. The molecule has 0 saturated heterocycles. The summed E-state index contributed by atoms with van der Waals surface area (Å²) in [4.78, 5) is 18.8. The van der Waals surface area contributed by atoms with Crippen LogP contribution in [0.1, 0.15) is 16.0 Å². The monoisotopic (exact) mass is 318 g/mol. The van der Waals surface area contributed by atoms with E-state index in [-0.39, 0.29) is 5.91 Å². The molecule has 1 aliphatic rings. The van der Waals surface area contributed by atoms with Gasteiger partial charge in [-0.1, -0.05) is 66.7 Å². The van der Waals surface area contributed by atoms with Gasteiger partial charge in [0, 0.05) is 0 Å². The van der Waals surface area contributed by atoms with Crippen LogP contribution in [0.4, 0.5) is 0 Å². The first-order valence-corrected chi connectivity index (χ1v) is 8.25. The number of aliphatic imine (C=N–C) groups is 1. The predicted octanol–water partition coefficient (Wildman–Crippen LogP) is 3.57. The third-order valence-corrected chi connectivity index (χ3v) is 4.85. The van der Waals surface area contributed by atoms with Crippen molar-refractivity contribution in [2.45, 2.75) is 5.54 Å². The highest BCUT2D eigenvalue weighted by Gasteiger charge is 2.47. The first kappa shape index (κ1) is 13.9. The van der Waals surface area contributed by atoms with Gasteiger partial charge in [-0.25, -0.2) is 4.99 Å². The largest absolute Gasteiger partial charge is 0.307 e. The normalized spacial score (nSPS) is 16.0. The second-order valence-corrected chi connectivity index (χ2v) is 6.28. The van der Waals surface area contributed by atoms with Gasteiger partial charge in [-0.2, -0.15) is 0 Å². The molecule has 1 aromatic heterocycles. The highest BCUT2D eigenvalue weighted by atomic mass is 32.1. The minimum atomic E-state index is -1.03. The van der Waals surface area contributed by atoms with Gasteiger partial charge in [0.15, 0.2) is 5.54 Å². The molecular weight excluding hydrogens is 304 g/mol. The number of amidine groups is 1. The highest BCUT2D eigenvalue weighted by Crippen LogP contribution is 2.37. The third-order valence-electron chi connectivity index (χ3n) is 3.98. The van der Waals surface area contributed by atoms with Crippen LogP contribution in [0.5, 0.6) is 0 Å². The van der Waals surface area contributed by atoms with Gasteiger partial charge in [0.1, 0.15) is 5.84 Å². The number of amides is 1. The second kappa shape index (κ2) is 5.48. The molecule has 0 atom stereocenters. The molecule has 1 aliphatic heterocycles. The summed E-state index contributed by atoms with van der Waals surface area (Å²) in [5.74, 6) is 0.524. The maximum Gasteiger partial charge on any atom is 0.262 e. The number of thiophene rings is 1. The molecule has 112 valence electrons. The van der Waals surface area contributed by atoms with E-state index >= 15 is 0 Å². The fourth-order valence-corrected chi connectivity index (χ4v) is 3.56. The van der Waals surface area contributed by atoms with Gasteiger partial charge in [0.25, 0.3) is 5.91 Å². The summed E-state index contributed by atoms with van der Waals surface area (Å²) in [5.41, 5.74) is 0.715. The maximum absolute atomic E-state index is 13.0. The van der Waals surface area contributed by atoms with Gasteiger partial charge in [-0.05, 0) is 22.6 Å². The second-order valence-electron chi connectivity index (χ2n) is 5.33. The quantitative estimate of drug-likeness (QED) is 0.788. The van der Waals surface area contributed by atoms with E-state index in [0.29, 0.717) is 5.84 Å². The molecule has 23 heavy (non-hydrogen) atoms. The van der Waals surface area contributed by atoms with Crippen LogP contribution in [0.2, 0.25) is 0 Å². The Kier molecular flexibility index (Phi) is 3.32. The Labute approximate surface area is 138 Å². The van der Waals surface area contributed by atoms with Crippen LogP contribution >= 0.6 is 11.3 Å². The molecule has 0 unspecified atom stereocenters. The van der Waals surface area contributed by atoms with Gasteiger partial charge in [0.05, 0.1) is 4.88 Å². The van der Waals surface area contributed by atoms with Crippen LogP contribution in [-0.4, -0.2) is 11.7 Å². The zero-order chi connectivity index (χ0) is 15.7. The van der Waals surface area contributed by atoms with E-state index < -0.39 is 5.54 Å². The van der Waals surface area contributed by atoms with E-state index in [2.05, 4.69) is 5.32 Å². The van der Waals surface area contributed by atoms with E-state index in [9.17, 15) is 4.79 Å². The zero-order valence-corrected chi connectivity index (χ0v) is 13.1. The summed E-state index contributed by atoms with van der Waals surface area (Å²) in [5, 5.41) is 4.95. The predicted molar refractivity (Wildman–Crippen MR) is 92.7 cm³/mol. The molecular formula is C19H14N2OS. The van der Waals surface area contributed by atoms with Crippen molar-refractivity contribution in [1.82, 2.24) is 5.32 Å². The molecule has 1 N–H and O–H groups in total. The van der Waals surface area contributed by atoms with E-state index in [1.54, 1.807) is 11.3 Å². The maximum atomic E-state index is 13.0. The number of nitrogens with one attached hydrogen (secondary N) is 1. The molecule has 0 fully saturated rings. The van der Waals surface area contributed by atoms with Crippen LogP contribution in [0.3, 0.4) is 0 Å². The first-order valence-electron chi connectivity index (χ1n) is 7.37. The molecule has 0 aliphatic carbocycles. The van der Waals surface area contributed by atoms with E-state index in [4.69, 9.17) is 4.99 Å². The van der Waals surface area contributed by atoms with Gasteiger partial charge in [-0.15, -0.1) is 11.3 Å². The van der Waals surface area contributed by atoms with E-state index in [1.165, 1.54) is 0 Å². The number of nitrogens with zero attached hydrogens (tertiary/aromatic N) is 1. The van der Waals surface area contributed by atoms with Crippen LogP contribution in [0.15, 0.2) is 83.2 Å². The Morgan fingerprint density at radius 2 is 1.43 bits per heavy atom. The van der Waals surface area contributed by atoms with Crippen molar-refractivity contribution in [3.05, 3.63) is 94.2 Å². The lowest BCUT2D eigenvalue weighted by Gasteiger charge is -2.24. The lowest BCUT2D eigenvalue weighted by molar-refractivity contribution is -0.122. The summed E-state index contributed by atoms with van der Waals surface area (Å²) in [7, 11) is 0. The molecule has 0 saturated carbocycles. The average Bonchev–Trinajstić information content (AvgIpc) is 3.25. The molecule has 4 rings (SSSR count). The van der Waals surface area contributed by atoms with Crippen molar-refractivity contribution in [1.29, 1.82) is 0 Å². The SMILES string of the molecule is O=C1NC(c2cccs2)=NC1(c1ccccc1)c1ccccc1. The molecule has 4 heteroatoms. The van der Waals surface area contributed by atoms with Gasteiger partial charge >= 0.3 is 0 Å². The van der Waals surface area contributed by atoms with Gasteiger partial charge in [0.2, 0.25) is 0 Å². The summed E-state index contributed by atoms with van der Waals surface area (Å²) >= 11 is 1.57. The van der Waals surface area contributed by atoms with Crippen LogP contribution < -0.4 is 5.32 Å². The standard InChI is InChI=1S/C19H14N2OS/c22-18-19(14-8-3-1-4-9-14,15-10-5-2-6-11-15)21-17(20-18)16-12-7-13-23-16/h1-13H,(H,20,21,22). The molecule has 0 radical (unpaired) electrons. The minimum absolute atomic E-state index is 0.113. The van der Waals surface area contributed by atoms with Crippen LogP contribution in [0.25, 0.3) is 0 Å². The van der Waals surface area contributed by atoms with Crippen molar-refractivity contribution < 1.29 is 4.79 Å². The van der Waals surface area contributed by atoms with Crippen molar-refractivity contribution in [2.24, 2.45) is 4.99 Å². The Morgan fingerprint density at radius 1 is 0.826 bits per heavy atom. The molecule has 3 aromatic rings. The molecule has 0 bridgehead atoms. The summed E-state index contributed by atoms with van der Waals surface area (Å²) in [6, 6.07) is 23.4. The van der Waals surface area contributed by atoms with E-state index in [1.807, 2.05) is 78.2 Å². The van der Waals surface area contributed by atoms with Gasteiger partial charge in [-0.3, -0.25) is 4.79 Å². The highest BCUT2D eigenvalue weighted by molar-refractivity contribution is 7.12. The van der Waals surface area contributed by atoms with Crippen LogP contribution in [0, 0.1) is 0 Å². The Balaban J connectivity index is 1.95. The van der Waals surface area contributed by atoms with E-state index in [0.717, 1.165) is 16.0 Å². The summed E-state index contributed by atoms with van der Waals surface area (Å²) in [6.07, 6.45) is 0. The minimum Gasteiger partial charge on any atom is -0.307 e. The Bertz CT molecular complexity index is 815. The lowest BCUT2D eigenvalue weighted by Crippen LogP contribution is -2.38. The topological polar surface area (TPSA) is 41.5 Å². The van der Waals surface area contributed by atoms with Crippen molar-refractivity contribution in [3.8, 4) is 0 Å². The van der Waals surface area contributed by atoms with Crippen molar-refractivity contribution in [3.63, 3.8) is 0 Å². The van der Waals surface area contributed by atoms with Crippen molar-refractivity contribution >= 4 is 23.1 Å². The summed E-state index contributed by atoms with van der Waals surface area (Å²) < 4.78 is 0. The molecule has 3 nitrogen and oxygen atoms in total. The Morgan fingerprint density at radius 3 is 1.96 bits per heavy atom. The van der Waals surface area contributed by atoms with Crippen LogP contribution in [-0.2, 0) is 10.3 Å². The molecule has 0 spiro atoms. The number of benzene rings is 2. The molecule has 2 heterocycles. The number of hydrogen-bond acceptors (Lipinski definition) is 3.